The lowest BCUT2D eigenvalue weighted by atomic mass is 9.92. The van der Waals surface area contributed by atoms with E-state index in [1.165, 1.54) is 0 Å². The van der Waals surface area contributed by atoms with Crippen LogP contribution in [0, 0.1) is 0 Å². The average Bonchev–Trinajstić information content (AvgIpc) is 2.61. The van der Waals surface area contributed by atoms with Gasteiger partial charge in [-0.15, -0.1) is 5.10 Å². The molecule has 2 N–H and O–H groups in total. The number of alkyl halides is 3. The van der Waals surface area contributed by atoms with Crippen LogP contribution in [0.25, 0.3) is 0 Å². The molecule has 30 heavy (non-hydrogen) atoms. The van der Waals surface area contributed by atoms with Crippen molar-refractivity contribution in [2.24, 2.45) is 0 Å². The SMILES string of the molecule is CC(C)c1cc(Cl)cc(C(C)C)c1NC(=O)NS(=O)(=O)c1nnccc1C(F)(F)F. The van der Waals surface area contributed by atoms with Crippen LogP contribution < -0.4 is 10.0 Å². The minimum Gasteiger partial charge on any atom is -0.307 e. The van der Waals surface area contributed by atoms with Crippen molar-refractivity contribution in [3.8, 4) is 0 Å². The molecule has 0 saturated heterocycles. The number of benzene rings is 1. The topological polar surface area (TPSA) is 101 Å². The Hall–Kier alpha value is -2.40. The van der Waals surface area contributed by atoms with Gasteiger partial charge in [-0.3, -0.25) is 0 Å². The highest BCUT2D eigenvalue weighted by molar-refractivity contribution is 7.90. The molecule has 0 saturated carbocycles. The van der Waals surface area contributed by atoms with Crippen LogP contribution in [-0.4, -0.2) is 24.6 Å². The van der Waals surface area contributed by atoms with Crippen molar-refractivity contribution in [3.63, 3.8) is 0 Å². The van der Waals surface area contributed by atoms with Crippen molar-refractivity contribution in [1.82, 2.24) is 14.9 Å². The molecule has 0 aliphatic heterocycles. The number of rotatable bonds is 5. The normalized spacial score (nSPS) is 12.3. The minimum atomic E-state index is -5.00. The minimum absolute atomic E-state index is 0.0788. The van der Waals surface area contributed by atoms with Crippen LogP contribution in [0.4, 0.5) is 23.7 Å². The first-order valence-corrected chi connectivity index (χ1v) is 10.7. The fourth-order valence-electron chi connectivity index (χ4n) is 2.75. The van der Waals surface area contributed by atoms with Crippen LogP contribution in [0.5, 0.6) is 0 Å². The standard InChI is InChI=1S/C18H20ClF3N4O3S/c1-9(2)12-7-11(19)8-13(10(3)4)15(12)24-17(27)26-30(28,29)16-14(18(20,21)22)5-6-23-25-16/h5-10H,1-4H3,(H2,24,26,27). The predicted octanol–water partition coefficient (Wildman–Crippen LogP) is 4.91. The van der Waals surface area contributed by atoms with E-state index in [0.717, 1.165) is 0 Å². The van der Waals surface area contributed by atoms with Crippen molar-refractivity contribution < 1.29 is 26.4 Å². The summed E-state index contributed by atoms with van der Waals surface area (Å²) in [6, 6.07) is 2.49. The average molecular weight is 465 g/mol. The molecule has 0 spiro atoms. The van der Waals surface area contributed by atoms with Crippen LogP contribution >= 0.6 is 11.6 Å². The number of halogens is 4. The van der Waals surface area contributed by atoms with Gasteiger partial charge >= 0.3 is 12.2 Å². The van der Waals surface area contributed by atoms with Crippen molar-refractivity contribution in [2.75, 3.05) is 5.32 Å². The zero-order valence-corrected chi connectivity index (χ0v) is 18.1. The highest BCUT2D eigenvalue weighted by atomic mass is 35.5. The first kappa shape index (κ1) is 23.9. The lowest BCUT2D eigenvalue weighted by Crippen LogP contribution is -2.36. The summed E-state index contributed by atoms with van der Waals surface area (Å²) >= 11 is 6.15. The van der Waals surface area contributed by atoms with E-state index in [2.05, 4.69) is 15.5 Å². The van der Waals surface area contributed by atoms with Gasteiger partial charge in [0, 0.05) is 10.7 Å². The Morgan fingerprint density at radius 1 is 1.10 bits per heavy atom. The lowest BCUT2D eigenvalue weighted by Gasteiger charge is -2.21. The van der Waals surface area contributed by atoms with Crippen LogP contribution in [-0.2, 0) is 16.2 Å². The Morgan fingerprint density at radius 3 is 2.10 bits per heavy atom. The number of hydrogen-bond donors (Lipinski definition) is 2. The first-order valence-electron chi connectivity index (χ1n) is 8.80. The summed E-state index contributed by atoms with van der Waals surface area (Å²) in [6.07, 6.45) is -4.29. The molecular formula is C18H20ClF3N4O3S. The number of nitrogens with one attached hydrogen (secondary N) is 2. The van der Waals surface area contributed by atoms with Gasteiger partial charge in [0.2, 0.25) is 5.03 Å². The number of urea groups is 1. The van der Waals surface area contributed by atoms with Gasteiger partial charge in [-0.1, -0.05) is 39.3 Å². The monoisotopic (exact) mass is 464 g/mol. The summed E-state index contributed by atoms with van der Waals surface area (Å²) in [5, 5.41) is 7.73. The second-order valence-corrected chi connectivity index (χ2v) is 9.11. The van der Waals surface area contributed by atoms with Gasteiger partial charge in [0.25, 0.3) is 10.0 Å². The fourth-order valence-corrected chi connectivity index (χ4v) is 4.00. The third kappa shape index (κ3) is 5.39. The van der Waals surface area contributed by atoms with Gasteiger partial charge in [0.05, 0.1) is 11.8 Å². The van der Waals surface area contributed by atoms with Gasteiger partial charge in [0.15, 0.2) is 0 Å². The van der Waals surface area contributed by atoms with Gasteiger partial charge in [-0.25, -0.2) is 9.52 Å². The number of hydrogen-bond acceptors (Lipinski definition) is 5. The van der Waals surface area contributed by atoms with E-state index in [4.69, 9.17) is 11.6 Å². The van der Waals surface area contributed by atoms with E-state index in [-0.39, 0.29) is 11.8 Å². The van der Waals surface area contributed by atoms with Gasteiger partial charge in [-0.05, 0) is 41.2 Å². The molecule has 0 radical (unpaired) electrons. The van der Waals surface area contributed by atoms with Gasteiger partial charge < -0.3 is 5.32 Å². The molecule has 0 fully saturated rings. The smallest absolute Gasteiger partial charge is 0.307 e. The number of carbonyl (C=O) groups is 1. The van der Waals surface area contributed by atoms with E-state index in [1.54, 1.807) is 16.9 Å². The van der Waals surface area contributed by atoms with E-state index >= 15 is 0 Å². The van der Waals surface area contributed by atoms with Crippen LogP contribution in [0.1, 0.15) is 56.2 Å². The maximum Gasteiger partial charge on any atom is 0.419 e. The molecule has 12 heteroatoms. The zero-order chi connectivity index (χ0) is 22.9. The number of sulfonamides is 1. The molecule has 0 aliphatic carbocycles. The van der Waals surface area contributed by atoms with Crippen molar-refractivity contribution >= 4 is 33.3 Å². The molecule has 0 bridgehead atoms. The molecule has 2 rings (SSSR count). The van der Waals surface area contributed by atoms with E-state index in [0.29, 0.717) is 34.1 Å². The van der Waals surface area contributed by atoms with Crippen molar-refractivity contribution in [2.45, 2.75) is 50.7 Å². The summed E-state index contributed by atoms with van der Waals surface area (Å²) < 4.78 is 65.7. The summed E-state index contributed by atoms with van der Waals surface area (Å²) in [4.78, 5) is 12.4. The number of amides is 2. The second-order valence-electron chi connectivity index (χ2n) is 7.08. The van der Waals surface area contributed by atoms with E-state index in [9.17, 15) is 26.4 Å². The Kier molecular flexibility index (Phi) is 6.97. The van der Waals surface area contributed by atoms with Gasteiger partial charge in [-0.2, -0.15) is 26.7 Å². The molecule has 1 aromatic heterocycles. The summed E-state index contributed by atoms with van der Waals surface area (Å²) in [7, 11) is -4.95. The quantitative estimate of drug-likeness (QED) is 0.655. The second kappa shape index (κ2) is 8.76. The largest absolute Gasteiger partial charge is 0.419 e. The third-order valence-corrected chi connectivity index (χ3v) is 5.60. The Labute approximate surface area is 177 Å². The number of anilines is 1. The van der Waals surface area contributed by atoms with Crippen molar-refractivity contribution in [3.05, 3.63) is 46.1 Å². The number of nitrogens with zero attached hydrogens (tertiary/aromatic N) is 2. The Morgan fingerprint density at radius 2 is 1.63 bits per heavy atom. The fraction of sp³-hybridized carbons (Fsp3) is 0.389. The third-order valence-electron chi connectivity index (χ3n) is 4.12. The lowest BCUT2D eigenvalue weighted by molar-refractivity contribution is -0.140. The summed E-state index contributed by atoms with van der Waals surface area (Å²) in [5.74, 6) is -0.158. The molecular weight excluding hydrogens is 445 g/mol. The van der Waals surface area contributed by atoms with Crippen LogP contribution in [0.3, 0.4) is 0 Å². The maximum absolute atomic E-state index is 13.1. The van der Waals surface area contributed by atoms with E-state index < -0.39 is 32.8 Å². The molecule has 164 valence electrons. The predicted molar refractivity (Wildman–Crippen MR) is 106 cm³/mol. The zero-order valence-electron chi connectivity index (χ0n) is 16.5. The number of aromatic nitrogens is 2. The van der Waals surface area contributed by atoms with Crippen molar-refractivity contribution in [1.29, 1.82) is 0 Å². The van der Waals surface area contributed by atoms with Crippen LogP contribution in [0.2, 0.25) is 5.02 Å². The molecule has 1 heterocycles. The molecule has 1 aromatic carbocycles. The first-order chi connectivity index (χ1) is 13.7. The highest BCUT2D eigenvalue weighted by Crippen LogP contribution is 2.36. The molecule has 0 aliphatic rings. The summed E-state index contributed by atoms with van der Waals surface area (Å²) in [5.41, 5.74) is 0.103. The van der Waals surface area contributed by atoms with Crippen LogP contribution in [0.15, 0.2) is 29.4 Å². The van der Waals surface area contributed by atoms with E-state index in [1.807, 2.05) is 27.7 Å². The molecule has 2 amide bonds. The summed E-state index contributed by atoms with van der Waals surface area (Å²) in [6.45, 7) is 7.41. The molecule has 7 nitrogen and oxygen atoms in total. The Balaban J connectivity index is 2.42. The molecule has 0 unspecified atom stereocenters. The van der Waals surface area contributed by atoms with Gasteiger partial charge in [0.1, 0.15) is 0 Å². The molecule has 2 aromatic rings. The number of carbonyl (C=O) groups excluding carboxylic acids is 1. The maximum atomic E-state index is 13.1. The Bertz CT molecular complexity index is 1030. The molecule has 0 atom stereocenters. The highest BCUT2D eigenvalue weighted by Gasteiger charge is 2.39.